The van der Waals surface area contributed by atoms with Crippen LogP contribution in [0.25, 0.3) is 22.2 Å². The highest BCUT2D eigenvalue weighted by atomic mass is 16.5. The van der Waals surface area contributed by atoms with E-state index >= 15 is 0 Å². The molecule has 0 aliphatic heterocycles. The summed E-state index contributed by atoms with van der Waals surface area (Å²) in [5, 5.41) is 1.11. The fraction of sp³-hybridized carbons (Fsp3) is 0.200. The number of pyridine rings is 1. The molecular formula is C25H24N2O3. The average molecular weight is 400 g/mol. The molecule has 2 aromatic carbocycles. The van der Waals surface area contributed by atoms with Crippen molar-refractivity contribution in [2.24, 2.45) is 0 Å². The van der Waals surface area contributed by atoms with E-state index in [1.807, 2.05) is 24.3 Å². The Bertz CT molecular complexity index is 1210. The minimum Gasteiger partial charge on any atom is -0.497 e. The lowest BCUT2D eigenvalue weighted by atomic mass is 9.99. The van der Waals surface area contributed by atoms with Crippen LogP contribution in [0.2, 0.25) is 0 Å². The van der Waals surface area contributed by atoms with Crippen LogP contribution in [0.4, 0.5) is 0 Å². The molecule has 0 radical (unpaired) electrons. The van der Waals surface area contributed by atoms with E-state index in [9.17, 15) is 4.79 Å². The van der Waals surface area contributed by atoms with Crippen molar-refractivity contribution in [3.8, 4) is 17.0 Å². The van der Waals surface area contributed by atoms with Crippen molar-refractivity contribution in [1.82, 2.24) is 9.97 Å². The van der Waals surface area contributed by atoms with Gasteiger partial charge in [0.05, 0.1) is 19.9 Å². The number of carbonyl (C=O) groups is 1. The van der Waals surface area contributed by atoms with Gasteiger partial charge in [-0.25, -0.2) is 9.78 Å². The summed E-state index contributed by atoms with van der Waals surface area (Å²) in [6.45, 7) is 2.15. The zero-order chi connectivity index (χ0) is 21.1. The standard InChI is InChI=1S/C25H24N2O3/c1-4-16-7-5-8-17(13-16)24-21(20-12-11-19(29-2)15-23(20)27-24)14-18-9-6-10-22(26-18)25(28)30-3/h5-13,15,27H,4,14H2,1-3H3. The molecule has 30 heavy (non-hydrogen) atoms. The number of nitrogens with zero attached hydrogens (tertiary/aromatic N) is 1. The molecule has 0 saturated heterocycles. The summed E-state index contributed by atoms with van der Waals surface area (Å²) in [5.41, 5.74) is 6.72. The summed E-state index contributed by atoms with van der Waals surface area (Å²) in [5.74, 6) is 0.367. The third kappa shape index (κ3) is 3.79. The summed E-state index contributed by atoms with van der Waals surface area (Å²) in [4.78, 5) is 20.0. The van der Waals surface area contributed by atoms with Crippen LogP contribution in [-0.2, 0) is 17.6 Å². The molecule has 5 heteroatoms. The maximum Gasteiger partial charge on any atom is 0.356 e. The Morgan fingerprint density at radius 1 is 1.03 bits per heavy atom. The van der Waals surface area contributed by atoms with Gasteiger partial charge in [-0.3, -0.25) is 0 Å². The van der Waals surface area contributed by atoms with Crippen LogP contribution in [-0.4, -0.2) is 30.2 Å². The predicted molar refractivity (Wildman–Crippen MR) is 118 cm³/mol. The van der Waals surface area contributed by atoms with Crippen LogP contribution in [0.3, 0.4) is 0 Å². The quantitative estimate of drug-likeness (QED) is 0.453. The molecule has 4 rings (SSSR count). The molecule has 2 aromatic heterocycles. The van der Waals surface area contributed by atoms with Gasteiger partial charge < -0.3 is 14.5 Å². The van der Waals surface area contributed by atoms with Gasteiger partial charge in [-0.05, 0) is 53.4 Å². The average Bonchev–Trinajstić information content (AvgIpc) is 3.16. The van der Waals surface area contributed by atoms with Gasteiger partial charge in [-0.2, -0.15) is 0 Å². The van der Waals surface area contributed by atoms with Crippen molar-refractivity contribution in [3.05, 3.63) is 83.2 Å². The van der Waals surface area contributed by atoms with Crippen LogP contribution < -0.4 is 4.74 Å². The SMILES string of the molecule is CCc1cccc(-c2[nH]c3cc(OC)ccc3c2Cc2cccc(C(=O)OC)n2)c1. The number of ether oxygens (including phenoxy) is 2. The topological polar surface area (TPSA) is 64.2 Å². The number of fused-ring (bicyclic) bond motifs is 1. The Morgan fingerprint density at radius 3 is 2.63 bits per heavy atom. The Morgan fingerprint density at radius 2 is 1.87 bits per heavy atom. The van der Waals surface area contributed by atoms with Crippen molar-refractivity contribution in [1.29, 1.82) is 0 Å². The normalized spacial score (nSPS) is 10.9. The fourth-order valence-corrected chi connectivity index (χ4v) is 3.72. The molecule has 5 nitrogen and oxygen atoms in total. The van der Waals surface area contributed by atoms with Gasteiger partial charge in [0.2, 0.25) is 0 Å². The molecule has 0 saturated carbocycles. The number of esters is 1. The van der Waals surface area contributed by atoms with Crippen molar-refractivity contribution in [3.63, 3.8) is 0 Å². The summed E-state index contributed by atoms with van der Waals surface area (Å²) < 4.78 is 10.2. The summed E-state index contributed by atoms with van der Waals surface area (Å²) in [6, 6.07) is 20.0. The molecule has 1 N–H and O–H groups in total. The Balaban J connectivity index is 1.85. The van der Waals surface area contributed by atoms with Crippen molar-refractivity contribution in [2.45, 2.75) is 19.8 Å². The predicted octanol–water partition coefficient (Wildman–Crippen LogP) is 5.18. The number of methoxy groups -OCH3 is 2. The minimum atomic E-state index is -0.434. The number of aromatic nitrogens is 2. The van der Waals surface area contributed by atoms with Crippen LogP contribution in [0, 0.1) is 0 Å². The number of H-pyrrole nitrogens is 1. The molecule has 0 aliphatic carbocycles. The monoisotopic (exact) mass is 400 g/mol. The highest BCUT2D eigenvalue weighted by Crippen LogP contribution is 2.34. The first-order chi connectivity index (χ1) is 14.6. The van der Waals surface area contributed by atoms with Gasteiger partial charge in [-0.15, -0.1) is 0 Å². The molecule has 152 valence electrons. The third-order valence-electron chi connectivity index (χ3n) is 5.30. The highest BCUT2D eigenvalue weighted by Gasteiger charge is 2.16. The fourth-order valence-electron chi connectivity index (χ4n) is 3.72. The number of nitrogens with one attached hydrogen (secondary N) is 1. The Kier molecular flexibility index (Phi) is 5.53. The maximum atomic E-state index is 11.9. The molecule has 0 atom stereocenters. The van der Waals surface area contributed by atoms with E-state index in [1.165, 1.54) is 12.7 Å². The van der Waals surface area contributed by atoms with E-state index < -0.39 is 5.97 Å². The van der Waals surface area contributed by atoms with Crippen molar-refractivity contribution < 1.29 is 14.3 Å². The third-order valence-corrected chi connectivity index (χ3v) is 5.30. The number of benzene rings is 2. The van der Waals surface area contributed by atoms with Gasteiger partial charge >= 0.3 is 5.97 Å². The summed E-state index contributed by atoms with van der Waals surface area (Å²) in [6.07, 6.45) is 1.56. The van der Waals surface area contributed by atoms with E-state index in [-0.39, 0.29) is 0 Å². The Labute approximate surface area is 175 Å². The molecular weight excluding hydrogens is 376 g/mol. The van der Waals surface area contributed by atoms with Gasteiger partial charge in [-0.1, -0.05) is 31.2 Å². The second-order valence-corrected chi connectivity index (χ2v) is 7.13. The van der Waals surface area contributed by atoms with Crippen molar-refractivity contribution >= 4 is 16.9 Å². The smallest absolute Gasteiger partial charge is 0.356 e. The van der Waals surface area contributed by atoms with E-state index in [1.54, 1.807) is 13.2 Å². The minimum absolute atomic E-state index is 0.311. The number of hydrogen-bond donors (Lipinski definition) is 1. The highest BCUT2D eigenvalue weighted by molar-refractivity contribution is 5.92. The largest absolute Gasteiger partial charge is 0.497 e. The molecule has 0 amide bonds. The molecule has 0 spiro atoms. The number of rotatable bonds is 6. The second kappa shape index (κ2) is 8.41. The van der Waals surface area contributed by atoms with Gasteiger partial charge in [0.15, 0.2) is 0 Å². The van der Waals surface area contributed by atoms with E-state index in [0.29, 0.717) is 12.1 Å². The van der Waals surface area contributed by atoms with Gasteiger partial charge in [0.25, 0.3) is 0 Å². The lowest BCUT2D eigenvalue weighted by Gasteiger charge is -2.08. The molecule has 4 aromatic rings. The van der Waals surface area contributed by atoms with Crippen LogP contribution >= 0.6 is 0 Å². The first-order valence-electron chi connectivity index (χ1n) is 9.95. The number of aromatic amines is 1. The number of aryl methyl sites for hydroxylation is 1. The molecule has 2 heterocycles. The first kappa shape index (κ1) is 19.7. The molecule has 0 bridgehead atoms. The summed E-state index contributed by atoms with van der Waals surface area (Å²) in [7, 11) is 3.03. The van der Waals surface area contributed by atoms with E-state index in [4.69, 9.17) is 9.47 Å². The van der Waals surface area contributed by atoms with Crippen LogP contribution in [0.5, 0.6) is 5.75 Å². The molecule has 0 unspecified atom stereocenters. The zero-order valence-corrected chi connectivity index (χ0v) is 17.4. The van der Waals surface area contributed by atoms with Crippen molar-refractivity contribution in [2.75, 3.05) is 14.2 Å². The number of hydrogen-bond acceptors (Lipinski definition) is 4. The van der Waals surface area contributed by atoms with Crippen LogP contribution in [0.15, 0.2) is 60.7 Å². The van der Waals surface area contributed by atoms with E-state index in [2.05, 4.69) is 47.2 Å². The Hall–Kier alpha value is -3.60. The number of carbonyl (C=O) groups excluding carboxylic acids is 1. The molecule has 0 fully saturated rings. The zero-order valence-electron chi connectivity index (χ0n) is 17.4. The first-order valence-corrected chi connectivity index (χ1v) is 9.95. The lowest BCUT2D eigenvalue weighted by molar-refractivity contribution is 0.0593. The summed E-state index contributed by atoms with van der Waals surface area (Å²) >= 11 is 0. The lowest BCUT2D eigenvalue weighted by Crippen LogP contribution is -2.06. The van der Waals surface area contributed by atoms with Gasteiger partial charge in [0.1, 0.15) is 11.4 Å². The second-order valence-electron chi connectivity index (χ2n) is 7.13. The maximum absolute atomic E-state index is 11.9. The van der Waals surface area contributed by atoms with Crippen LogP contribution in [0.1, 0.15) is 34.2 Å². The molecule has 0 aliphatic rings. The van der Waals surface area contributed by atoms with Gasteiger partial charge in [0, 0.05) is 29.1 Å². The van der Waals surface area contributed by atoms with E-state index in [0.717, 1.165) is 45.6 Å².